The van der Waals surface area contributed by atoms with Crippen LogP contribution in [0.5, 0.6) is 0 Å². The molecule has 6 nitrogen and oxygen atoms in total. The number of nitrogens with zero attached hydrogens (tertiary/aromatic N) is 3. The molecule has 0 saturated carbocycles. The zero-order valence-electron chi connectivity index (χ0n) is 9.49. The summed E-state index contributed by atoms with van der Waals surface area (Å²) in [7, 11) is 0. The van der Waals surface area contributed by atoms with Crippen LogP contribution in [0, 0.1) is 6.92 Å². The SMILES string of the molecule is Cc1oc(-c2cnn3ccccc23)nc1C(=O)O. The summed E-state index contributed by atoms with van der Waals surface area (Å²) in [5, 5.41) is 13.1. The van der Waals surface area contributed by atoms with E-state index in [1.165, 1.54) is 0 Å². The van der Waals surface area contributed by atoms with Crippen LogP contribution < -0.4 is 0 Å². The largest absolute Gasteiger partial charge is 0.476 e. The molecule has 0 fully saturated rings. The first-order valence-corrected chi connectivity index (χ1v) is 5.30. The number of oxazole rings is 1. The molecule has 0 bridgehead atoms. The average Bonchev–Trinajstić information content (AvgIpc) is 2.92. The third-order valence-electron chi connectivity index (χ3n) is 2.66. The number of hydrogen-bond acceptors (Lipinski definition) is 4. The second-order valence-corrected chi connectivity index (χ2v) is 3.82. The standard InChI is InChI=1S/C12H9N3O3/c1-7-10(12(16)17)14-11(18-7)8-6-13-15-5-3-2-4-9(8)15/h2-6H,1H3,(H,16,17). The molecule has 0 aliphatic heterocycles. The van der Waals surface area contributed by atoms with Crippen molar-refractivity contribution in [2.24, 2.45) is 0 Å². The number of pyridine rings is 1. The van der Waals surface area contributed by atoms with Crippen molar-refractivity contribution in [3.63, 3.8) is 0 Å². The van der Waals surface area contributed by atoms with Gasteiger partial charge >= 0.3 is 5.97 Å². The number of carboxylic acid groups (broad SMARTS) is 1. The minimum absolute atomic E-state index is 0.0692. The molecule has 0 aromatic carbocycles. The van der Waals surface area contributed by atoms with E-state index in [4.69, 9.17) is 9.52 Å². The molecular weight excluding hydrogens is 234 g/mol. The zero-order chi connectivity index (χ0) is 12.7. The van der Waals surface area contributed by atoms with E-state index >= 15 is 0 Å². The van der Waals surface area contributed by atoms with Crippen LogP contribution in [0.2, 0.25) is 0 Å². The molecule has 90 valence electrons. The fourth-order valence-corrected chi connectivity index (χ4v) is 1.81. The molecule has 3 rings (SSSR count). The molecule has 0 radical (unpaired) electrons. The van der Waals surface area contributed by atoms with Gasteiger partial charge in [-0.3, -0.25) is 0 Å². The van der Waals surface area contributed by atoms with Gasteiger partial charge in [0.25, 0.3) is 0 Å². The first-order chi connectivity index (χ1) is 8.66. The minimum atomic E-state index is -1.10. The second kappa shape index (κ2) is 3.69. The van der Waals surface area contributed by atoms with Crippen LogP contribution in [0.4, 0.5) is 0 Å². The third-order valence-corrected chi connectivity index (χ3v) is 2.66. The van der Waals surface area contributed by atoms with Gasteiger partial charge < -0.3 is 9.52 Å². The van der Waals surface area contributed by atoms with E-state index in [0.29, 0.717) is 5.56 Å². The minimum Gasteiger partial charge on any atom is -0.476 e. The molecule has 0 unspecified atom stereocenters. The van der Waals surface area contributed by atoms with Crippen molar-refractivity contribution in [3.05, 3.63) is 42.0 Å². The Labute approximate surface area is 101 Å². The van der Waals surface area contributed by atoms with Gasteiger partial charge in [0.05, 0.1) is 17.3 Å². The fraction of sp³-hybridized carbons (Fsp3) is 0.0833. The lowest BCUT2D eigenvalue weighted by Gasteiger charge is -1.92. The van der Waals surface area contributed by atoms with Gasteiger partial charge in [-0.25, -0.2) is 14.3 Å². The first-order valence-electron chi connectivity index (χ1n) is 5.30. The number of aromatic carboxylic acids is 1. The maximum absolute atomic E-state index is 10.9. The van der Waals surface area contributed by atoms with Crippen LogP contribution in [0.15, 0.2) is 35.0 Å². The molecule has 0 aliphatic rings. The highest BCUT2D eigenvalue weighted by Crippen LogP contribution is 2.25. The van der Waals surface area contributed by atoms with Crippen LogP contribution in [-0.2, 0) is 0 Å². The molecule has 0 atom stereocenters. The summed E-state index contributed by atoms with van der Waals surface area (Å²) in [4.78, 5) is 14.9. The molecule has 6 heteroatoms. The van der Waals surface area contributed by atoms with E-state index in [2.05, 4.69) is 10.1 Å². The van der Waals surface area contributed by atoms with E-state index < -0.39 is 5.97 Å². The Morgan fingerprint density at radius 3 is 3.00 bits per heavy atom. The van der Waals surface area contributed by atoms with Crippen molar-refractivity contribution in [1.29, 1.82) is 0 Å². The monoisotopic (exact) mass is 243 g/mol. The van der Waals surface area contributed by atoms with Gasteiger partial charge in [0.2, 0.25) is 5.89 Å². The van der Waals surface area contributed by atoms with Gasteiger partial charge in [0.15, 0.2) is 5.69 Å². The Morgan fingerprint density at radius 2 is 2.28 bits per heavy atom. The molecule has 0 saturated heterocycles. The Bertz CT molecular complexity index is 742. The molecule has 1 N–H and O–H groups in total. The van der Waals surface area contributed by atoms with Crippen molar-refractivity contribution >= 4 is 11.5 Å². The van der Waals surface area contributed by atoms with Crippen LogP contribution in [0.3, 0.4) is 0 Å². The lowest BCUT2D eigenvalue weighted by molar-refractivity contribution is 0.0689. The maximum Gasteiger partial charge on any atom is 0.358 e. The lowest BCUT2D eigenvalue weighted by atomic mass is 10.2. The van der Waals surface area contributed by atoms with E-state index in [9.17, 15) is 4.79 Å². The normalized spacial score (nSPS) is 10.9. The highest BCUT2D eigenvalue weighted by Gasteiger charge is 2.19. The highest BCUT2D eigenvalue weighted by molar-refractivity contribution is 5.87. The van der Waals surface area contributed by atoms with Crippen molar-refractivity contribution < 1.29 is 14.3 Å². The number of hydrogen-bond donors (Lipinski definition) is 1. The fourth-order valence-electron chi connectivity index (χ4n) is 1.81. The van der Waals surface area contributed by atoms with Gasteiger partial charge in [-0.05, 0) is 19.1 Å². The maximum atomic E-state index is 10.9. The van der Waals surface area contributed by atoms with Crippen LogP contribution >= 0.6 is 0 Å². The summed E-state index contributed by atoms with van der Waals surface area (Å²) >= 11 is 0. The predicted octanol–water partition coefficient (Wildman–Crippen LogP) is 2.00. The number of rotatable bonds is 2. The molecule has 0 amide bonds. The highest BCUT2D eigenvalue weighted by atomic mass is 16.4. The Kier molecular flexibility index (Phi) is 2.16. The number of carbonyl (C=O) groups is 1. The van der Waals surface area contributed by atoms with E-state index in [0.717, 1.165) is 5.52 Å². The Morgan fingerprint density at radius 1 is 1.44 bits per heavy atom. The van der Waals surface area contributed by atoms with E-state index in [1.54, 1.807) is 23.8 Å². The first kappa shape index (κ1) is 10.5. The quantitative estimate of drug-likeness (QED) is 0.744. The van der Waals surface area contributed by atoms with Crippen molar-refractivity contribution in [3.8, 4) is 11.5 Å². The summed E-state index contributed by atoms with van der Waals surface area (Å²) in [5.74, 6) is -0.544. The summed E-state index contributed by atoms with van der Waals surface area (Å²) in [6.07, 6.45) is 3.40. The number of aromatic nitrogens is 3. The summed E-state index contributed by atoms with van der Waals surface area (Å²) in [6.45, 7) is 1.58. The van der Waals surface area contributed by atoms with Gasteiger partial charge in [0.1, 0.15) is 5.76 Å². The van der Waals surface area contributed by atoms with Gasteiger partial charge in [0, 0.05) is 6.20 Å². The summed E-state index contributed by atoms with van der Waals surface area (Å²) < 4.78 is 7.06. The lowest BCUT2D eigenvalue weighted by Crippen LogP contribution is -1.98. The summed E-state index contributed by atoms with van der Waals surface area (Å²) in [5.41, 5.74) is 1.42. The van der Waals surface area contributed by atoms with Crippen molar-refractivity contribution in [2.75, 3.05) is 0 Å². The Balaban J connectivity index is 2.20. The average molecular weight is 243 g/mol. The van der Waals surface area contributed by atoms with Crippen molar-refractivity contribution in [1.82, 2.24) is 14.6 Å². The molecule has 0 aliphatic carbocycles. The van der Waals surface area contributed by atoms with Gasteiger partial charge in [-0.2, -0.15) is 5.10 Å². The van der Waals surface area contributed by atoms with E-state index in [1.807, 2.05) is 18.2 Å². The summed E-state index contributed by atoms with van der Waals surface area (Å²) in [6, 6.07) is 5.59. The molecule has 3 aromatic heterocycles. The Hall–Kier alpha value is -2.63. The smallest absolute Gasteiger partial charge is 0.358 e. The topological polar surface area (TPSA) is 80.6 Å². The van der Waals surface area contributed by atoms with E-state index in [-0.39, 0.29) is 17.3 Å². The third kappa shape index (κ3) is 1.46. The van der Waals surface area contributed by atoms with Crippen LogP contribution in [0.25, 0.3) is 17.0 Å². The zero-order valence-corrected chi connectivity index (χ0v) is 9.49. The molecule has 18 heavy (non-hydrogen) atoms. The van der Waals surface area contributed by atoms with Crippen molar-refractivity contribution in [2.45, 2.75) is 6.92 Å². The van der Waals surface area contributed by atoms with Crippen LogP contribution in [-0.4, -0.2) is 25.7 Å². The van der Waals surface area contributed by atoms with Crippen LogP contribution in [0.1, 0.15) is 16.2 Å². The van der Waals surface area contributed by atoms with Gasteiger partial charge in [-0.15, -0.1) is 0 Å². The molecular formula is C12H9N3O3. The number of aryl methyl sites for hydroxylation is 1. The predicted molar refractivity (Wildman–Crippen MR) is 62.4 cm³/mol. The molecule has 3 aromatic rings. The molecule has 0 spiro atoms. The number of carboxylic acids is 1. The molecule has 3 heterocycles. The second-order valence-electron chi connectivity index (χ2n) is 3.82. The number of fused-ring (bicyclic) bond motifs is 1. The van der Waals surface area contributed by atoms with Gasteiger partial charge in [-0.1, -0.05) is 6.07 Å².